The van der Waals surface area contributed by atoms with Crippen molar-refractivity contribution in [3.63, 3.8) is 0 Å². The molecule has 160 valence electrons. The second-order valence-corrected chi connectivity index (χ2v) is 9.59. The number of hydrogen-bond donors (Lipinski definition) is 1. The zero-order chi connectivity index (χ0) is 21.6. The highest BCUT2D eigenvalue weighted by atomic mass is 79.9. The SMILES string of the molecule is Cc1nc(N2CCC(CCO)CC2)c2c(C)c(C)n(-c3c(C)cc(Br)cc3C)c2n1. The van der Waals surface area contributed by atoms with E-state index in [1.807, 2.05) is 6.92 Å². The van der Waals surface area contributed by atoms with Gasteiger partial charge in [0.2, 0.25) is 0 Å². The quantitative estimate of drug-likeness (QED) is 0.560. The Morgan fingerprint density at radius 1 is 1.03 bits per heavy atom. The summed E-state index contributed by atoms with van der Waals surface area (Å²) in [5.74, 6) is 2.48. The van der Waals surface area contributed by atoms with Crippen LogP contribution in [0.25, 0.3) is 16.7 Å². The minimum atomic E-state index is 0.286. The molecule has 1 aliphatic heterocycles. The van der Waals surface area contributed by atoms with Gasteiger partial charge in [-0.3, -0.25) is 4.57 Å². The number of aryl methyl sites for hydroxylation is 4. The Hall–Kier alpha value is -1.92. The topological polar surface area (TPSA) is 54.2 Å². The van der Waals surface area contributed by atoms with Gasteiger partial charge in [-0.2, -0.15) is 0 Å². The average Bonchev–Trinajstić information content (AvgIpc) is 2.92. The summed E-state index contributed by atoms with van der Waals surface area (Å²) in [6.45, 7) is 12.9. The summed E-state index contributed by atoms with van der Waals surface area (Å²) in [5.41, 5.74) is 7.13. The third-order valence-electron chi connectivity index (χ3n) is 6.58. The number of aromatic nitrogens is 3. The molecule has 3 heterocycles. The van der Waals surface area contributed by atoms with E-state index in [1.165, 1.54) is 33.5 Å². The Morgan fingerprint density at radius 2 is 1.67 bits per heavy atom. The van der Waals surface area contributed by atoms with Crippen LogP contribution in [0.15, 0.2) is 16.6 Å². The first kappa shape index (κ1) is 21.3. The van der Waals surface area contributed by atoms with Crippen molar-refractivity contribution in [3.05, 3.63) is 44.8 Å². The number of fused-ring (bicyclic) bond motifs is 1. The fourth-order valence-electron chi connectivity index (χ4n) is 4.92. The van der Waals surface area contributed by atoms with E-state index in [0.29, 0.717) is 5.92 Å². The molecule has 0 spiro atoms. The monoisotopic (exact) mass is 470 g/mol. The molecule has 5 nitrogen and oxygen atoms in total. The van der Waals surface area contributed by atoms with Crippen LogP contribution >= 0.6 is 15.9 Å². The molecule has 0 saturated carbocycles. The molecule has 1 fully saturated rings. The van der Waals surface area contributed by atoms with Gasteiger partial charge >= 0.3 is 0 Å². The van der Waals surface area contributed by atoms with E-state index in [9.17, 15) is 5.11 Å². The number of rotatable bonds is 4. The Morgan fingerprint density at radius 3 is 2.27 bits per heavy atom. The van der Waals surface area contributed by atoms with Gasteiger partial charge in [0.15, 0.2) is 5.65 Å². The standard InChI is InChI=1S/C24H31BrN4O/c1-14-12-20(25)13-15(2)22(14)29-17(4)16(3)21-23(26-18(5)27-24(21)29)28-9-6-19(7-10-28)8-11-30/h12-13,19,30H,6-11H2,1-5H3. The number of aliphatic hydroxyl groups excluding tert-OH is 1. The molecular formula is C24H31BrN4O. The normalized spacial score (nSPS) is 15.4. The minimum absolute atomic E-state index is 0.286. The van der Waals surface area contributed by atoms with Crippen molar-refractivity contribution in [1.29, 1.82) is 0 Å². The van der Waals surface area contributed by atoms with Crippen molar-refractivity contribution in [2.24, 2.45) is 5.92 Å². The van der Waals surface area contributed by atoms with Crippen LogP contribution < -0.4 is 4.90 Å². The van der Waals surface area contributed by atoms with E-state index in [4.69, 9.17) is 9.97 Å². The molecule has 1 aliphatic rings. The highest BCUT2D eigenvalue weighted by Crippen LogP contribution is 2.37. The molecule has 0 atom stereocenters. The number of aliphatic hydroxyl groups is 1. The Labute approximate surface area is 187 Å². The molecule has 0 aliphatic carbocycles. The zero-order valence-corrected chi connectivity index (χ0v) is 20.2. The molecule has 1 N–H and O–H groups in total. The Kier molecular flexibility index (Phi) is 5.90. The van der Waals surface area contributed by atoms with Gasteiger partial charge in [-0.05, 0) is 88.6 Å². The summed E-state index contributed by atoms with van der Waals surface area (Å²) in [6, 6.07) is 4.34. The number of benzene rings is 1. The van der Waals surface area contributed by atoms with Crippen molar-refractivity contribution >= 4 is 32.8 Å². The van der Waals surface area contributed by atoms with E-state index < -0.39 is 0 Å². The molecule has 1 aromatic carbocycles. The maximum atomic E-state index is 9.28. The van der Waals surface area contributed by atoms with Crippen LogP contribution in [0, 0.1) is 40.5 Å². The van der Waals surface area contributed by atoms with E-state index in [2.05, 4.69) is 65.2 Å². The first-order valence-electron chi connectivity index (χ1n) is 10.8. The van der Waals surface area contributed by atoms with Crippen LogP contribution in [0.3, 0.4) is 0 Å². The van der Waals surface area contributed by atoms with Crippen LogP contribution in [-0.2, 0) is 0 Å². The highest BCUT2D eigenvalue weighted by Gasteiger charge is 2.26. The lowest BCUT2D eigenvalue weighted by Crippen LogP contribution is -2.34. The van der Waals surface area contributed by atoms with Crippen molar-refractivity contribution < 1.29 is 5.11 Å². The fraction of sp³-hybridized carbons (Fsp3) is 0.500. The van der Waals surface area contributed by atoms with Gasteiger partial charge in [0.05, 0.1) is 11.1 Å². The summed E-state index contributed by atoms with van der Waals surface area (Å²) in [6.07, 6.45) is 3.12. The van der Waals surface area contributed by atoms with Gasteiger partial charge in [0.25, 0.3) is 0 Å². The molecule has 2 aromatic heterocycles. The lowest BCUT2D eigenvalue weighted by Gasteiger charge is -2.33. The fourth-order valence-corrected chi connectivity index (χ4v) is 5.61. The van der Waals surface area contributed by atoms with Gasteiger partial charge in [0, 0.05) is 29.9 Å². The number of anilines is 1. The van der Waals surface area contributed by atoms with Gasteiger partial charge in [-0.1, -0.05) is 15.9 Å². The first-order chi connectivity index (χ1) is 14.3. The number of nitrogens with zero attached hydrogens (tertiary/aromatic N) is 4. The molecule has 6 heteroatoms. The van der Waals surface area contributed by atoms with Gasteiger partial charge in [-0.25, -0.2) is 9.97 Å². The lowest BCUT2D eigenvalue weighted by atomic mass is 9.94. The Balaban J connectivity index is 1.88. The number of piperidine rings is 1. The first-order valence-corrected chi connectivity index (χ1v) is 11.6. The van der Waals surface area contributed by atoms with Gasteiger partial charge in [-0.15, -0.1) is 0 Å². The van der Waals surface area contributed by atoms with Crippen LogP contribution in [0.4, 0.5) is 5.82 Å². The Bertz CT molecular complexity index is 1070. The smallest absolute Gasteiger partial charge is 0.150 e. The summed E-state index contributed by atoms with van der Waals surface area (Å²) in [7, 11) is 0. The molecule has 0 radical (unpaired) electrons. The average molecular weight is 471 g/mol. The van der Waals surface area contributed by atoms with E-state index in [1.54, 1.807) is 0 Å². The van der Waals surface area contributed by atoms with Crippen molar-refractivity contribution in [2.45, 2.75) is 53.9 Å². The summed E-state index contributed by atoms with van der Waals surface area (Å²) in [4.78, 5) is 12.2. The molecule has 0 bridgehead atoms. The maximum absolute atomic E-state index is 9.28. The van der Waals surface area contributed by atoms with Gasteiger partial charge < -0.3 is 10.0 Å². The number of halogens is 1. The second-order valence-electron chi connectivity index (χ2n) is 8.67. The molecule has 0 unspecified atom stereocenters. The van der Waals surface area contributed by atoms with Crippen LogP contribution in [0.2, 0.25) is 0 Å². The third kappa shape index (κ3) is 3.65. The summed E-state index contributed by atoms with van der Waals surface area (Å²) < 4.78 is 3.42. The van der Waals surface area contributed by atoms with Crippen LogP contribution in [0.5, 0.6) is 0 Å². The summed E-state index contributed by atoms with van der Waals surface area (Å²) in [5, 5.41) is 10.4. The zero-order valence-electron chi connectivity index (χ0n) is 18.6. The van der Waals surface area contributed by atoms with Crippen LogP contribution in [-0.4, -0.2) is 39.3 Å². The van der Waals surface area contributed by atoms with Crippen LogP contribution in [0.1, 0.15) is 47.5 Å². The molecule has 4 rings (SSSR count). The minimum Gasteiger partial charge on any atom is -0.396 e. The van der Waals surface area contributed by atoms with Crippen molar-refractivity contribution in [3.8, 4) is 5.69 Å². The van der Waals surface area contributed by atoms with Gasteiger partial charge in [0.1, 0.15) is 11.6 Å². The highest BCUT2D eigenvalue weighted by molar-refractivity contribution is 9.10. The van der Waals surface area contributed by atoms with E-state index in [0.717, 1.165) is 54.1 Å². The molecule has 0 amide bonds. The van der Waals surface area contributed by atoms with E-state index >= 15 is 0 Å². The van der Waals surface area contributed by atoms with Crippen molar-refractivity contribution in [1.82, 2.24) is 14.5 Å². The molecule has 30 heavy (non-hydrogen) atoms. The predicted octanol–water partition coefficient (Wildman–Crippen LogP) is 5.32. The largest absolute Gasteiger partial charge is 0.396 e. The summed E-state index contributed by atoms with van der Waals surface area (Å²) >= 11 is 3.63. The molecular weight excluding hydrogens is 440 g/mol. The lowest BCUT2D eigenvalue weighted by molar-refractivity contribution is 0.240. The maximum Gasteiger partial charge on any atom is 0.150 e. The third-order valence-corrected chi connectivity index (χ3v) is 7.04. The molecule has 3 aromatic rings. The van der Waals surface area contributed by atoms with E-state index in [-0.39, 0.29) is 6.61 Å². The van der Waals surface area contributed by atoms with Crippen molar-refractivity contribution in [2.75, 3.05) is 24.6 Å². The predicted molar refractivity (Wildman–Crippen MR) is 127 cm³/mol. The number of hydrogen-bond acceptors (Lipinski definition) is 4. The second kappa shape index (κ2) is 8.31. The molecule has 1 saturated heterocycles.